The molecule has 0 saturated carbocycles. The Balaban J connectivity index is 1.48. The second kappa shape index (κ2) is 14.3. The number of aromatic nitrogens is 4. The van der Waals surface area contributed by atoms with Crippen LogP contribution in [0.25, 0.3) is 27.7 Å². The summed E-state index contributed by atoms with van der Waals surface area (Å²) in [5.74, 6) is -0.838. The Bertz CT molecular complexity index is 2180. The van der Waals surface area contributed by atoms with E-state index in [4.69, 9.17) is 0 Å². The van der Waals surface area contributed by atoms with Crippen molar-refractivity contribution in [2.75, 3.05) is 26.0 Å². The van der Waals surface area contributed by atoms with Gasteiger partial charge in [0.1, 0.15) is 5.82 Å². The molecule has 3 aromatic carbocycles. The summed E-state index contributed by atoms with van der Waals surface area (Å²) < 4.78 is 17.8. The Morgan fingerprint density at radius 1 is 1.06 bits per heavy atom. The van der Waals surface area contributed by atoms with Crippen molar-refractivity contribution in [2.24, 2.45) is 7.05 Å². The van der Waals surface area contributed by atoms with Gasteiger partial charge in [0.05, 0.1) is 29.6 Å². The molecule has 11 nitrogen and oxygen atoms in total. The van der Waals surface area contributed by atoms with Crippen LogP contribution in [0.4, 0.5) is 15.9 Å². The van der Waals surface area contributed by atoms with Crippen LogP contribution in [0.1, 0.15) is 37.5 Å². The zero-order valence-corrected chi connectivity index (χ0v) is 28.4. The molecule has 5 rings (SSSR count). The van der Waals surface area contributed by atoms with Gasteiger partial charge in [-0.15, -0.1) is 0 Å². The Hall–Kier alpha value is -5.46. The number of aryl methyl sites for hydroxylation is 1. The number of amides is 1. The molecule has 3 N–H and O–H groups in total. The van der Waals surface area contributed by atoms with Gasteiger partial charge in [-0.25, -0.2) is 9.37 Å². The molecule has 0 aliphatic carbocycles. The first-order valence-corrected chi connectivity index (χ1v) is 15.7. The molecule has 0 fully saturated rings. The van der Waals surface area contributed by atoms with Crippen molar-refractivity contribution in [1.29, 1.82) is 0 Å². The van der Waals surface area contributed by atoms with Crippen LogP contribution >= 0.6 is 0 Å². The lowest BCUT2D eigenvalue weighted by Crippen LogP contribution is -2.24. The van der Waals surface area contributed by atoms with Crippen molar-refractivity contribution >= 4 is 28.2 Å². The molecule has 0 spiro atoms. The van der Waals surface area contributed by atoms with Gasteiger partial charge in [0, 0.05) is 54.6 Å². The zero-order chi connectivity index (χ0) is 35.5. The van der Waals surface area contributed by atoms with E-state index in [1.165, 1.54) is 29.1 Å². The van der Waals surface area contributed by atoms with E-state index in [0.717, 1.165) is 15.8 Å². The number of aliphatic hydroxyl groups is 1. The minimum Gasteiger partial charge on any atom is -0.392 e. The standard InChI is InChI=1S/C37H40FN7O4/c1-37(2,3)25-17-24-20-40-45(35(48)33(24)29(38)18-25)31-13-8-12-27(28(31)22-46)30-21-44(6)36(49)34(42-30)41-26-11-7-10-23(16-26)19-39-32(47)14-9-15-43(4)5/h7-14,16-18,20-21,46H,15,19,22H2,1-6H3,(H,39,47)(H,41,42)/b14-9+. The van der Waals surface area contributed by atoms with Crippen molar-refractivity contribution in [1.82, 2.24) is 29.5 Å². The lowest BCUT2D eigenvalue weighted by molar-refractivity contribution is -0.116. The van der Waals surface area contributed by atoms with Gasteiger partial charge in [-0.1, -0.05) is 51.1 Å². The van der Waals surface area contributed by atoms with E-state index in [1.807, 2.05) is 45.8 Å². The molecule has 0 atom stereocenters. The van der Waals surface area contributed by atoms with Crippen LogP contribution < -0.4 is 21.8 Å². The Morgan fingerprint density at radius 3 is 2.53 bits per heavy atom. The fraction of sp³-hybridized carbons (Fsp3) is 0.270. The van der Waals surface area contributed by atoms with Crippen LogP contribution in [0, 0.1) is 5.82 Å². The summed E-state index contributed by atoms with van der Waals surface area (Å²) in [6.07, 6.45) is 6.24. The van der Waals surface area contributed by atoms with E-state index in [-0.39, 0.29) is 34.8 Å². The highest BCUT2D eigenvalue weighted by Gasteiger charge is 2.21. The number of carbonyl (C=O) groups excluding carboxylic acids is 1. The molecule has 2 aromatic heterocycles. The normalized spacial score (nSPS) is 11.9. The van der Waals surface area contributed by atoms with E-state index >= 15 is 4.39 Å². The minimum absolute atomic E-state index is 0.0276. The number of nitrogens with zero attached hydrogens (tertiary/aromatic N) is 5. The lowest BCUT2D eigenvalue weighted by Gasteiger charge is -2.20. The molecule has 0 radical (unpaired) electrons. The van der Waals surface area contributed by atoms with E-state index in [0.29, 0.717) is 34.4 Å². The monoisotopic (exact) mass is 665 g/mol. The van der Waals surface area contributed by atoms with Gasteiger partial charge in [0.2, 0.25) is 5.91 Å². The first-order valence-electron chi connectivity index (χ1n) is 15.7. The maximum atomic E-state index is 15.4. The lowest BCUT2D eigenvalue weighted by atomic mass is 9.86. The predicted octanol–water partition coefficient (Wildman–Crippen LogP) is 4.55. The third kappa shape index (κ3) is 7.82. The SMILES string of the molecule is CN(C)C/C=C/C(=O)NCc1cccc(Nc2nc(-c3cccc(-n4ncc5cc(C(C)(C)C)cc(F)c5c4=O)c3CO)cn(C)c2=O)c1. The van der Waals surface area contributed by atoms with Crippen LogP contribution in [0.3, 0.4) is 0 Å². The van der Waals surface area contributed by atoms with Crippen molar-refractivity contribution in [3.05, 3.63) is 122 Å². The molecule has 1 amide bonds. The van der Waals surface area contributed by atoms with Crippen LogP contribution in [-0.2, 0) is 30.4 Å². The fourth-order valence-electron chi connectivity index (χ4n) is 5.35. The Kier molecular flexibility index (Phi) is 10.2. The number of halogens is 1. The first kappa shape index (κ1) is 34.9. The van der Waals surface area contributed by atoms with Crippen LogP contribution in [-0.4, -0.2) is 55.9 Å². The highest BCUT2D eigenvalue weighted by atomic mass is 19.1. The first-order chi connectivity index (χ1) is 23.3. The van der Waals surface area contributed by atoms with Crippen LogP contribution in [0.5, 0.6) is 0 Å². The number of likely N-dealkylation sites (N-methyl/N-ethyl adjacent to an activating group) is 1. The molecule has 0 bridgehead atoms. The van der Waals surface area contributed by atoms with Crippen molar-refractivity contribution < 1.29 is 14.3 Å². The minimum atomic E-state index is -0.668. The second-order valence-electron chi connectivity index (χ2n) is 13.1. The summed E-state index contributed by atoms with van der Waals surface area (Å²) in [4.78, 5) is 45.5. The molecule has 254 valence electrons. The summed E-state index contributed by atoms with van der Waals surface area (Å²) in [6.45, 7) is 6.32. The van der Waals surface area contributed by atoms with Crippen LogP contribution in [0.15, 0.2) is 88.7 Å². The average molecular weight is 666 g/mol. The number of hydrogen-bond acceptors (Lipinski definition) is 8. The summed E-state index contributed by atoms with van der Waals surface area (Å²) in [7, 11) is 5.41. The number of anilines is 2. The Labute approximate surface area is 283 Å². The van der Waals surface area contributed by atoms with E-state index in [9.17, 15) is 19.5 Å². The summed E-state index contributed by atoms with van der Waals surface area (Å²) in [6, 6.07) is 15.4. The van der Waals surface area contributed by atoms with Gasteiger partial charge < -0.3 is 25.2 Å². The van der Waals surface area contributed by atoms with E-state index < -0.39 is 23.5 Å². The Morgan fingerprint density at radius 2 is 1.82 bits per heavy atom. The number of carbonyl (C=O) groups is 1. The van der Waals surface area contributed by atoms with Gasteiger partial charge in [-0.05, 0) is 61.0 Å². The molecule has 5 aromatic rings. The number of nitrogens with one attached hydrogen (secondary N) is 2. The molecule has 0 aliphatic rings. The van der Waals surface area contributed by atoms with Gasteiger partial charge in [-0.2, -0.15) is 9.78 Å². The summed E-state index contributed by atoms with van der Waals surface area (Å²) >= 11 is 0. The van der Waals surface area contributed by atoms with Gasteiger partial charge in [0.15, 0.2) is 5.82 Å². The number of benzene rings is 3. The van der Waals surface area contributed by atoms with E-state index in [2.05, 4.69) is 20.7 Å². The van der Waals surface area contributed by atoms with Crippen LogP contribution in [0.2, 0.25) is 0 Å². The van der Waals surface area contributed by atoms with Gasteiger partial charge in [0.25, 0.3) is 11.1 Å². The number of rotatable bonds is 10. The molecule has 2 heterocycles. The second-order valence-corrected chi connectivity index (χ2v) is 13.1. The smallest absolute Gasteiger partial charge is 0.293 e. The maximum absolute atomic E-state index is 15.4. The fourth-order valence-corrected chi connectivity index (χ4v) is 5.35. The number of fused-ring (bicyclic) bond motifs is 1. The third-order valence-corrected chi connectivity index (χ3v) is 7.99. The summed E-state index contributed by atoms with van der Waals surface area (Å²) in [5, 5.41) is 21.1. The molecular formula is C37H40FN7O4. The molecule has 0 saturated heterocycles. The predicted molar refractivity (Wildman–Crippen MR) is 190 cm³/mol. The molecule has 0 aliphatic heterocycles. The van der Waals surface area contributed by atoms with E-state index in [1.54, 1.807) is 55.6 Å². The maximum Gasteiger partial charge on any atom is 0.293 e. The topological polar surface area (TPSA) is 134 Å². The van der Waals surface area contributed by atoms with Crippen molar-refractivity contribution in [3.8, 4) is 16.9 Å². The third-order valence-electron chi connectivity index (χ3n) is 7.99. The number of hydrogen-bond donors (Lipinski definition) is 3. The highest BCUT2D eigenvalue weighted by molar-refractivity contribution is 5.87. The number of aliphatic hydroxyl groups excluding tert-OH is 1. The molecule has 49 heavy (non-hydrogen) atoms. The highest BCUT2D eigenvalue weighted by Crippen LogP contribution is 2.29. The summed E-state index contributed by atoms with van der Waals surface area (Å²) in [5.41, 5.74) is 2.10. The largest absolute Gasteiger partial charge is 0.392 e. The van der Waals surface area contributed by atoms with Crippen molar-refractivity contribution in [2.45, 2.75) is 39.3 Å². The van der Waals surface area contributed by atoms with Gasteiger partial charge >= 0.3 is 0 Å². The van der Waals surface area contributed by atoms with Gasteiger partial charge in [-0.3, -0.25) is 14.4 Å². The molecule has 0 unspecified atom stereocenters. The molecule has 12 heteroatoms. The quantitative estimate of drug-likeness (QED) is 0.185. The van der Waals surface area contributed by atoms with Crippen molar-refractivity contribution in [3.63, 3.8) is 0 Å². The zero-order valence-electron chi connectivity index (χ0n) is 28.4. The average Bonchev–Trinajstić information content (AvgIpc) is 3.05. The molecular weight excluding hydrogens is 625 g/mol.